The third-order valence-electron chi connectivity index (χ3n) is 2.03. The van der Waals surface area contributed by atoms with Crippen molar-refractivity contribution in [2.75, 3.05) is 0 Å². The van der Waals surface area contributed by atoms with Gasteiger partial charge in [-0.1, -0.05) is 49.7 Å². The van der Waals surface area contributed by atoms with Crippen LogP contribution in [0.4, 0.5) is 0 Å². The van der Waals surface area contributed by atoms with E-state index in [1.54, 1.807) is 0 Å². The number of hydrogen-bond acceptors (Lipinski definition) is 2. The van der Waals surface area contributed by atoms with Gasteiger partial charge < -0.3 is 0 Å². The predicted molar refractivity (Wildman–Crippen MR) is 66.5 cm³/mol. The lowest BCUT2D eigenvalue weighted by atomic mass is 10.2. The molecule has 0 aliphatic heterocycles. The third-order valence-corrected chi connectivity index (χ3v) is 3.57. The molecule has 0 heterocycles. The monoisotopic (exact) mass is 242 g/mol. The largest absolute Gasteiger partial charge is 0.285 e. The fourth-order valence-corrected chi connectivity index (χ4v) is 2.23. The van der Waals surface area contributed by atoms with Crippen LogP contribution < -0.4 is 0 Å². The average molecular weight is 243 g/mol. The Morgan fingerprint density at radius 3 is 2.67 bits per heavy atom. The van der Waals surface area contributed by atoms with E-state index >= 15 is 0 Å². The average Bonchev–Trinajstić information content (AvgIpc) is 2.27. The molecule has 0 spiro atoms. The summed E-state index contributed by atoms with van der Waals surface area (Å²) < 4.78 is 0. The second-order valence-electron chi connectivity index (χ2n) is 3.34. The van der Waals surface area contributed by atoms with Crippen LogP contribution in [0.3, 0.4) is 0 Å². The van der Waals surface area contributed by atoms with E-state index in [1.165, 1.54) is 11.8 Å². The maximum atomic E-state index is 11.6. The Morgan fingerprint density at radius 2 is 2.07 bits per heavy atom. The lowest BCUT2D eigenvalue weighted by molar-refractivity contribution is -0.110. The number of halogens is 1. The predicted octanol–water partition coefficient (Wildman–Crippen LogP) is 4.10. The maximum Gasteiger partial charge on any atom is 0.211 e. The molecule has 0 aliphatic carbocycles. The summed E-state index contributed by atoms with van der Waals surface area (Å²) in [5.74, 6) is 0. The highest BCUT2D eigenvalue weighted by atomic mass is 35.5. The summed E-state index contributed by atoms with van der Waals surface area (Å²) >= 11 is 7.22. The molecule has 0 bridgehead atoms. The Balaban J connectivity index is 2.42. The molecular formula is C12H15ClOS. The molecule has 1 unspecified atom stereocenters. The number of hydrogen-bond donors (Lipinski definition) is 0. The van der Waals surface area contributed by atoms with E-state index in [9.17, 15) is 4.79 Å². The molecule has 0 aliphatic rings. The molecule has 0 amide bonds. The van der Waals surface area contributed by atoms with Crippen LogP contribution in [0.2, 0.25) is 0 Å². The van der Waals surface area contributed by atoms with Crippen LogP contribution in [0.5, 0.6) is 0 Å². The summed E-state index contributed by atoms with van der Waals surface area (Å²) in [4.78, 5) is 12.6. The fraction of sp³-hybridized carbons (Fsp3) is 0.417. The van der Waals surface area contributed by atoms with Crippen molar-refractivity contribution < 1.29 is 4.79 Å². The van der Waals surface area contributed by atoms with Crippen LogP contribution in [0.1, 0.15) is 26.2 Å². The van der Waals surface area contributed by atoms with Crippen molar-refractivity contribution >= 4 is 28.5 Å². The molecule has 0 aromatic heterocycles. The number of unbranched alkanes of at least 4 members (excludes halogenated alkanes) is 1. The van der Waals surface area contributed by atoms with Crippen molar-refractivity contribution in [3.63, 3.8) is 0 Å². The molecule has 0 radical (unpaired) electrons. The van der Waals surface area contributed by atoms with Gasteiger partial charge in [0.25, 0.3) is 0 Å². The lowest BCUT2D eigenvalue weighted by Gasteiger charge is -2.06. The van der Waals surface area contributed by atoms with Crippen LogP contribution in [-0.2, 0) is 4.79 Å². The van der Waals surface area contributed by atoms with Gasteiger partial charge in [-0.25, -0.2) is 0 Å². The first kappa shape index (κ1) is 12.6. The summed E-state index contributed by atoms with van der Waals surface area (Å²) in [6.45, 7) is 2.10. The zero-order valence-electron chi connectivity index (χ0n) is 8.78. The van der Waals surface area contributed by atoms with Gasteiger partial charge in [0.1, 0.15) is 5.38 Å². The Bertz CT molecular complexity index is 300. The van der Waals surface area contributed by atoms with Gasteiger partial charge in [-0.15, -0.1) is 11.6 Å². The Kier molecular flexibility index (Phi) is 5.81. The second kappa shape index (κ2) is 6.91. The summed E-state index contributed by atoms with van der Waals surface area (Å²) in [5, 5.41) is -0.300. The molecule has 0 saturated heterocycles. The highest BCUT2D eigenvalue weighted by molar-refractivity contribution is 8.14. The topological polar surface area (TPSA) is 17.1 Å². The molecule has 0 saturated carbocycles. The maximum absolute atomic E-state index is 11.6. The van der Waals surface area contributed by atoms with Gasteiger partial charge in [-0.05, 0) is 18.6 Å². The first-order chi connectivity index (χ1) is 7.24. The van der Waals surface area contributed by atoms with Crippen molar-refractivity contribution in [3.05, 3.63) is 30.3 Å². The normalized spacial score (nSPS) is 12.4. The van der Waals surface area contributed by atoms with E-state index in [0.29, 0.717) is 0 Å². The van der Waals surface area contributed by atoms with Gasteiger partial charge >= 0.3 is 0 Å². The van der Waals surface area contributed by atoms with Crippen molar-refractivity contribution in [1.29, 1.82) is 0 Å². The smallest absolute Gasteiger partial charge is 0.211 e. The van der Waals surface area contributed by atoms with Crippen LogP contribution in [0.25, 0.3) is 0 Å². The zero-order chi connectivity index (χ0) is 11.1. The Morgan fingerprint density at radius 1 is 1.40 bits per heavy atom. The van der Waals surface area contributed by atoms with E-state index < -0.39 is 0 Å². The number of thioether (sulfide) groups is 1. The minimum atomic E-state index is -0.352. The molecule has 1 atom stereocenters. The van der Waals surface area contributed by atoms with Crippen molar-refractivity contribution in [1.82, 2.24) is 0 Å². The Hall–Kier alpha value is -0.470. The van der Waals surface area contributed by atoms with Crippen LogP contribution in [0, 0.1) is 0 Å². The van der Waals surface area contributed by atoms with E-state index in [1.807, 2.05) is 30.3 Å². The summed E-state index contributed by atoms with van der Waals surface area (Å²) in [6.07, 6.45) is 2.86. The van der Waals surface area contributed by atoms with Crippen molar-refractivity contribution in [2.24, 2.45) is 0 Å². The zero-order valence-corrected chi connectivity index (χ0v) is 10.4. The van der Waals surface area contributed by atoms with Gasteiger partial charge in [0, 0.05) is 4.90 Å². The molecule has 82 valence electrons. The quantitative estimate of drug-likeness (QED) is 0.571. The molecule has 15 heavy (non-hydrogen) atoms. The van der Waals surface area contributed by atoms with Gasteiger partial charge in [-0.2, -0.15) is 0 Å². The van der Waals surface area contributed by atoms with Gasteiger partial charge in [0.05, 0.1) is 0 Å². The van der Waals surface area contributed by atoms with Gasteiger partial charge in [-0.3, -0.25) is 4.79 Å². The summed E-state index contributed by atoms with van der Waals surface area (Å²) in [7, 11) is 0. The highest BCUT2D eigenvalue weighted by Gasteiger charge is 2.15. The number of alkyl halides is 1. The molecule has 1 nitrogen and oxygen atoms in total. The second-order valence-corrected chi connectivity index (χ2v) is 4.95. The highest BCUT2D eigenvalue weighted by Crippen LogP contribution is 2.23. The molecule has 0 N–H and O–H groups in total. The van der Waals surface area contributed by atoms with Crippen LogP contribution >= 0.6 is 23.4 Å². The molecule has 1 aromatic carbocycles. The number of carbonyl (C=O) groups excluding carboxylic acids is 1. The first-order valence-electron chi connectivity index (χ1n) is 5.15. The van der Waals surface area contributed by atoms with E-state index in [0.717, 1.165) is 24.2 Å². The lowest BCUT2D eigenvalue weighted by Crippen LogP contribution is -2.09. The SMILES string of the molecule is CCCCC(Cl)C(=O)Sc1ccccc1. The van der Waals surface area contributed by atoms with Crippen LogP contribution in [-0.4, -0.2) is 10.5 Å². The standard InChI is InChI=1S/C12H15ClOS/c1-2-3-9-11(13)12(14)15-10-7-5-4-6-8-10/h4-8,11H,2-3,9H2,1H3. The summed E-state index contributed by atoms with van der Waals surface area (Å²) in [5.41, 5.74) is 0. The molecular weight excluding hydrogens is 228 g/mol. The minimum absolute atomic E-state index is 0.0521. The van der Waals surface area contributed by atoms with Crippen molar-refractivity contribution in [2.45, 2.75) is 36.5 Å². The number of rotatable bonds is 5. The summed E-state index contributed by atoms with van der Waals surface area (Å²) in [6, 6.07) is 9.62. The molecule has 3 heteroatoms. The number of carbonyl (C=O) groups is 1. The van der Waals surface area contributed by atoms with Gasteiger partial charge in [0.15, 0.2) is 0 Å². The first-order valence-corrected chi connectivity index (χ1v) is 6.40. The molecule has 1 aromatic rings. The van der Waals surface area contributed by atoms with E-state index in [4.69, 9.17) is 11.6 Å². The van der Waals surface area contributed by atoms with Gasteiger partial charge in [0.2, 0.25) is 5.12 Å². The fourth-order valence-electron chi connectivity index (χ4n) is 1.17. The Labute approximate surface area is 100 Å². The molecule has 0 fully saturated rings. The van der Waals surface area contributed by atoms with E-state index in [-0.39, 0.29) is 10.5 Å². The minimum Gasteiger partial charge on any atom is -0.285 e. The van der Waals surface area contributed by atoms with E-state index in [2.05, 4.69) is 6.92 Å². The van der Waals surface area contributed by atoms with Crippen molar-refractivity contribution in [3.8, 4) is 0 Å². The third kappa shape index (κ3) is 4.72. The number of benzene rings is 1. The molecule has 1 rings (SSSR count). The van der Waals surface area contributed by atoms with Crippen LogP contribution in [0.15, 0.2) is 35.2 Å².